The molecule has 0 radical (unpaired) electrons. The summed E-state index contributed by atoms with van der Waals surface area (Å²) in [6, 6.07) is 10.7. The Bertz CT molecular complexity index is 1720. The summed E-state index contributed by atoms with van der Waals surface area (Å²) in [4.78, 5) is 55.9. The fourth-order valence-electron chi connectivity index (χ4n) is 6.95. The van der Waals surface area contributed by atoms with Gasteiger partial charge in [-0.3, -0.25) is 34.1 Å². The highest BCUT2D eigenvalue weighted by Crippen LogP contribution is 2.46. The van der Waals surface area contributed by atoms with Gasteiger partial charge in [-0.25, -0.2) is 4.98 Å². The maximum Gasteiger partial charge on any atom is 0.262 e. The summed E-state index contributed by atoms with van der Waals surface area (Å²) in [5.41, 5.74) is 4.45. The molecule has 2 aromatic heterocycles. The van der Waals surface area contributed by atoms with Crippen LogP contribution in [0.2, 0.25) is 0 Å². The van der Waals surface area contributed by atoms with E-state index >= 15 is 0 Å². The lowest BCUT2D eigenvalue weighted by atomic mass is 9.80. The molecule has 8 rings (SSSR count). The SMILES string of the molecule is O=C1CCC(N2C(=O)c3ccc(NC[C@H]4C[C@H](n5cc(-c6cccc(NC7CC(O)C7)n6)c(C6CC6)n5)C4)cc3C2=O)C(=O)N1. The topological polar surface area (TPSA) is 159 Å². The van der Waals surface area contributed by atoms with Crippen molar-refractivity contribution >= 4 is 35.1 Å². The third-order valence-corrected chi connectivity index (χ3v) is 9.83. The number of nitrogens with zero attached hydrogens (tertiary/aromatic N) is 4. The van der Waals surface area contributed by atoms with Crippen LogP contribution in [-0.2, 0) is 9.59 Å². The fraction of sp³-hybridized carbons (Fsp3) is 0.455. The molecule has 4 fully saturated rings. The first kappa shape index (κ1) is 27.9. The zero-order valence-corrected chi connectivity index (χ0v) is 24.7. The van der Waals surface area contributed by atoms with Crippen LogP contribution in [0.15, 0.2) is 42.6 Å². The maximum absolute atomic E-state index is 13.2. The van der Waals surface area contributed by atoms with Crippen LogP contribution in [0.1, 0.15) is 89.7 Å². The number of aromatic nitrogens is 3. The number of benzene rings is 1. The summed E-state index contributed by atoms with van der Waals surface area (Å²) in [7, 11) is 0. The number of hydrogen-bond donors (Lipinski definition) is 4. The van der Waals surface area contributed by atoms with E-state index in [0.29, 0.717) is 17.9 Å². The van der Waals surface area contributed by atoms with Crippen LogP contribution in [0.3, 0.4) is 0 Å². The molecule has 3 aliphatic carbocycles. The van der Waals surface area contributed by atoms with Crippen LogP contribution >= 0.6 is 0 Å². The Hall–Kier alpha value is -4.58. The fourth-order valence-corrected chi connectivity index (χ4v) is 6.95. The van der Waals surface area contributed by atoms with Crippen LogP contribution in [-0.4, -0.2) is 73.1 Å². The molecule has 1 atom stereocenters. The molecule has 0 spiro atoms. The molecule has 1 saturated heterocycles. The summed E-state index contributed by atoms with van der Waals surface area (Å²) in [5, 5.41) is 23.8. The molecule has 1 unspecified atom stereocenters. The van der Waals surface area contributed by atoms with Crippen molar-refractivity contribution in [1.82, 2.24) is 25.0 Å². The Balaban J connectivity index is 0.898. The minimum absolute atomic E-state index is 0.0924. The zero-order chi connectivity index (χ0) is 30.8. The summed E-state index contributed by atoms with van der Waals surface area (Å²) in [6.07, 6.45) is 7.92. The Kier molecular flexibility index (Phi) is 6.70. The number of rotatable bonds is 9. The van der Waals surface area contributed by atoms with E-state index in [4.69, 9.17) is 10.1 Å². The van der Waals surface area contributed by atoms with E-state index in [0.717, 1.165) is 78.4 Å². The molecule has 2 aliphatic heterocycles. The highest BCUT2D eigenvalue weighted by molar-refractivity contribution is 6.23. The predicted molar refractivity (Wildman–Crippen MR) is 163 cm³/mol. The number of pyridine rings is 1. The van der Waals surface area contributed by atoms with Gasteiger partial charge in [-0.1, -0.05) is 6.07 Å². The van der Waals surface area contributed by atoms with Crippen LogP contribution in [0.25, 0.3) is 11.3 Å². The van der Waals surface area contributed by atoms with Crippen molar-refractivity contribution < 1.29 is 24.3 Å². The summed E-state index contributed by atoms with van der Waals surface area (Å²) in [6.45, 7) is 0.725. The molecule has 3 saturated carbocycles. The standard InChI is InChI=1S/C33H35N7O5/c41-22-12-20(13-22)35-28-3-1-2-26(36-28)25-16-39(38-30(25)18-4-5-18)21-10-17(11-21)15-34-19-6-7-23-24(14-19)33(45)40(32(23)44)27-8-9-29(42)37-31(27)43/h1-3,6-7,14,16-18,20-22,27,34,41H,4-5,8-13,15H2,(H,35,36)(H,37,42,43)/t17-,20?,21-,22?,27?. The zero-order valence-electron chi connectivity index (χ0n) is 24.7. The lowest BCUT2D eigenvalue weighted by Crippen LogP contribution is -2.54. The highest BCUT2D eigenvalue weighted by Gasteiger charge is 2.44. The van der Waals surface area contributed by atoms with Crippen molar-refractivity contribution in [3.63, 3.8) is 0 Å². The molecule has 0 bridgehead atoms. The summed E-state index contributed by atoms with van der Waals surface area (Å²) < 4.78 is 2.12. The number of aliphatic hydroxyl groups excluding tert-OH is 1. The third kappa shape index (κ3) is 5.16. The van der Waals surface area contributed by atoms with E-state index in [1.54, 1.807) is 18.2 Å². The number of hydrogen-bond acceptors (Lipinski definition) is 9. The van der Waals surface area contributed by atoms with Gasteiger partial charge >= 0.3 is 0 Å². The lowest BCUT2D eigenvalue weighted by Gasteiger charge is -2.35. The number of piperidine rings is 1. The van der Waals surface area contributed by atoms with Gasteiger partial charge in [0.1, 0.15) is 11.9 Å². The Labute approximate surface area is 259 Å². The Morgan fingerprint density at radius 2 is 1.73 bits per heavy atom. The average Bonchev–Trinajstić information content (AvgIpc) is 3.69. The average molecular weight is 610 g/mol. The normalized spacial score (nSPS) is 27.5. The summed E-state index contributed by atoms with van der Waals surface area (Å²) in [5.74, 6) is -0.265. The van der Waals surface area contributed by atoms with Gasteiger partial charge in [0, 0.05) is 42.4 Å². The first-order chi connectivity index (χ1) is 21.8. The van der Waals surface area contributed by atoms with E-state index in [1.807, 2.05) is 18.2 Å². The quantitative estimate of drug-likeness (QED) is 0.267. The monoisotopic (exact) mass is 609 g/mol. The first-order valence-electron chi connectivity index (χ1n) is 15.9. The first-order valence-corrected chi connectivity index (χ1v) is 15.9. The van der Waals surface area contributed by atoms with Crippen LogP contribution in [0, 0.1) is 5.92 Å². The van der Waals surface area contributed by atoms with E-state index in [1.165, 1.54) is 0 Å². The largest absolute Gasteiger partial charge is 0.393 e. The van der Waals surface area contributed by atoms with E-state index < -0.39 is 29.7 Å². The van der Waals surface area contributed by atoms with Gasteiger partial charge in [-0.15, -0.1) is 0 Å². The lowest BCUT2D eigenvalue weighted by molar-refractivity contribution is -0.136. The van der Waals surface area contributed by atoms with Gasteiger partial charge in [0.05, 0.1) is 34.7 Å². The van der Waals surface area contributed by atoms with Crippen LogP contribution in [0.5, 0.6) is 0 Å². The molecule has 232 valence electrons. The minimum atomic E-state index is -0.972. The number of carbonyl (C=O) groups excluding carboxylic acids is 4. The number of anilines is 2. The van der Waals surface area contributed by atoms with Crippen molar-refractivity contribution in [3.8, 4) is 11.3 Å². The number of aliphatic hydroxyl groups is 1. The molecule has 4 heterocycles. The van der Waals surface area contributed by atoms with Crippen molar-refractivity contribution in [3.05, 3.63) is 59.4 Å². The van der Waals surface area contributed by atoms with Gasteiger partial charge in [-0.05, 0) is 81.2 Å². The second kappa shape index (κ2) is 10.8. The highest BCUT2D eigenvalue weighted by atomic mass is 16.3. The van der Waals surface area contributed by atoms with E-state index in [2.05, 4.69) is 26.8 Å². The minimum Gasteiger partial charge on any atom is -0.393 e. The number of amides is 4. The molecule has 12 nitrogen and oxygen atoms in total. The molecule has 12 heteroatoms. The van der Waals surface area contributed by atoms with Gasteiger partial charge < -0.3 is 15.7 Å². The number of nitrogens with one attached hydrogen (secondary N) is 3. The van der Waals surface area contributed by atoms with Gasteiger partial charge in [0.2, 0.25) is 11.8 Å². The second-order valence-corrected chi connectivity index (χ2v) is 13.1. The Morgan fingerprint density at radius 3 is 2.49 bits per heavy atom. The number of fused-ring (bicyclic) bond motifs is 1. The van der Waals surface area contributed by atoms with Crippen molar-refractivity contribution in [2.45, 2.75) is 81.5 Å². The van der Waals surface area contributed by atoms with Crippen LogP contribution < -0.4 is 16.0 Å². The Morgan fingerprint density at radius 1 is 0.933 bits per heavy atom. The number of carbonyl (C=O) groups is 4. The van der Waals surface area contributed by atoms with Crippen molar-refractivity contribution in [1.29, 1.82) is 0 Å². The second-order valence-electron chi connectivity index (χ2n) is 13.1. The van der Waals surface area contributed by atoms with Crippen LogP contribution in [0.4, 0.5) is 11.5 Å². The number of imide groups is 2. The molecule has 1 aromatic carbocycles. The molecule has 3 aromatic rings. The molecule has 4 N–H and O–H groups in total. The smallest absolute Gasteiger partial charge is 0.262 e. The van der Waals surface area contributed by atoms with Gasteiger partial charge in [0.15, 0.2) is 0 Å². The van der Waals surface area contributed by atoms with Gasteiger partial charge in [0.25, 0.3) is 11.8 Å². The molecular weight excluding hydrogens is 574 g/mol. The third-order valence-electron chi connectivity index (χ3n) is 9.83. The van der Waals surface area contributed by atoms with Gasteiger partial charge in [-0.2, -0.15) is 5.10 Å². The van der Waals surface area contributed by atoms with E-state index in [-0.39, 0.29) is 36.1 Å². The van der Waals surface area contributed by atoms with Crippen molar-refractivity contribution in [2.75, 3.05) is 17.2 Å². The van der Waals surface area contributed by atoms with Crippen molar-refractivity contribution in [2.24, 2.45) is 5.92 Å². The summed E-state index contributed by atoms with van der Waals surface area (Å²) >= 11 is 0. The molecule has 5 aliphatic rings. The molecule has 4 amide bonds. The van der Waals surface area contributed by atoms with E-state index in [9.17, 15) is 24.3 Å². The molecule has 45 heavy (non-hydrogen) atoms. The predicted octanol–water partition coefficient (Wildman–Crippen LogP) is 3.22. The molecular formula is C33H35N7O5. The maximum atomic E-state index is 13.2.